The van der Waals surface area contributed by atoms with Crippen LogP contribution in [0.5, 0.6) is 0 Å². The molecule has 0 saturated heterocycles. The zero-order chi connectivity index (χ0) is 17.0. The average Bonchev–Trinajstić information content (AvgIpc) is 2.82. The number of rotatable bonds is 5. The summed E-state index contributed by atoms with van der Waals surface area (Å²) in [7, 11) is 0. The number of hydrogen-bond acceptors (Lipinski definition) is 5. The normalized spacial score (nSPS) is 13.9. The monoisotopic (exact) mass is 337 g/mol. The number of thiophene rings is 1. The Balaban J connectivity index is 2.30. The maximum Gasteiger partial charge on any atom is 0.341 e. The molecule has 1 aliphatic carbocycles. The van der Waals surface area contributed by atoms with E-state index in [2.05, 4.69) is 5.32 Å². The number of ether oxygens (including phenoxy) is 1. The van der Waals surface area contributed by atoms with E-state index in [9.17, 15) is 14.4 Å². The molecule has 1 aromatic rings. The van der Waals surface area contributed by atoms with Crippen LogP contribution < -0.4 is 5.32 Å². The van der Waals surface area contributed by atoms with Gasteiger partial charge in [0.25, 0.3) is 0 Å². The van der Waals surface area contributed by atoms with Gasteiger partial charge >= 0.3 is 11.9 Å². The number of nitrogens with one attached hydrogen (secondary N) is 1. The third-order valence-corrected chi connectivity index (χ3v) is 4.54. The van der Waals surface area contributed by atoms with Gasteiger partial charge < -0.3 is 15.2 Å². The summed E-state index contributed by atoms with van der Waals surface area (Å²) in [5.74, 6) is -2.23. The van der Waals surface area contributed by atoms with Crippen molar-refractivity contribution in [3.05, 3.63) is 28.2 Å². The molecule has 0 spiro atoms. The van der Waals surface area contributed by atoms with Gasteiger partial charge in [-0.15, -0.1) is 11.3 Å². The van der Waals surface area contributed by atoms with Gasteiger partial charge in [-0.05, 0) is 45.1 Å². The number of carboxylic acid groups (broad SMARTS) is 1. The van der Waals surface area contributed by atoms with Crippen molar-refractivity contribution in [1.29, 1.82) is 0 Å². The summed E-state index contributed by atoms with van der Waals surface area (Å²) in [5, 5.41) is 11.6. The molecule has 6 nitrogen and oxygen atoms in total. The molecule has 0 radical (unpaired) electrons. The summed E-state index contributed by atoms with van der Waals surface area (Å²) in [6, 6.07) is 0. The minimum atomic E-state index is -1.20. The van der Waals surface area contributed by atoms with E-state index in [-0.39, 0.29) is 6.10 Å². The second-order valence-corrected chi connectivity index (χ2v) is 6.64. The van der Waals surface area contributed by atoms with Crippen LogP contribution >= 0.6 is 11.3 Å². The molecule has 0 bridgehead atoms. The van der Waals surface area contributed by atoms with Gasteiger partial charge in [-0.1, -0.05) is 0 Å². The molecular weight excluding hydrogens is 318 g/mol. The topological polar surface area (TPSA) is 92.7 Å². The van der Waals surface area contributed by atoms with Gasteiger partial charge in [0, 0.05) is 17.0 Å². The van der Waals surface area contributed by atoms with Crippen LogP contribution in [0.25, 0.3) is 0 Å². The minimum Gasteiger partial charge on any atom is -0.478 e. The number of hydrogen-bond donors (Lipinski definition) is 2. The molecule has 2 N–H and O–H groups in total. The Bertz CT molecular complexity index is 660. The number of carbonyl (C=O) groups excluding carboxylic acids is 2. The Hall–Kier alpha value is -2.15. The highest BCUT2D eigenvalue weighted by atomic mass is 32.1. The molecule has 1 amide bonds. The zero-order valence-corrected chi connectivity index (χ0v) is 13.9. The average molecular weight is 337 g/mol. The maximum atomic E-state index is 12.4. The number of aliphatic carboxylic acids is 1. The molecule has 23 heavy (non-hydrogen) atoms. The van der Waals surface area contributed by atoms with E-state index in [0.717, 1.165) is 48.3 Å². The van der Waals surface area contributed by atoms with Crippen LogP contribution in [0.3, 0.4) is 0 Å². The van der Waals surface area contributed by atoms with E-state index < -0.39 is 17.8 Å². The van der Waals surface area contributed by atoms with Crippen molar-refractivity contribution in [2.24, 2.45) is 0 Å². The third kappa shape index (κ3) is 4.41. The fourth-order valence-corrected chi connectivity index (χ4v) is 3.72. The highest BCUT2D eigenvalue weighted by molar-refractivity contribution is 7.17. The van der Waals surface area contributed by atoms with E-state index in [0.29, 0.717) is 10.6 Å². The lowest BCUT2D eigenvalue weighted by Gasteiger charge is -2.14. The van der Waals surface area contributed by atoms with Crippen LogP contribution in [-0.4, -0.2) is 29.1 Å². The Morgan fingerprint density at radius 2 is 1.91 bits per heavy atom. The Morgan fingerprint density at radius 1 is 1.22 bits per heavy atom. The van der Waals surface area contributed by atoms with Crippen molar-refractivity contribution in [1.82, 2.24) is 0 Å². The van der Waals surface area contributed by atoms with Crippen LogP contribution in [0, 0.1) is 0 Å². The van der Waals surface area contributed by atoms with Crippen LogP contribution in [0.2, 0.25) is 0 Å². The quantitative estimate of drug-likeness (QED) is 0.636. The molecule has 124 valence electrons. The molecular formula is C16H19NO5S. The number of anilines is 1. The number of carbonyl (C=O) groups is 3. The summed E-state index contributed by atoms with van der Waals surface area (Å²) in [6.45, 7) is 3.54. The molecule has 0 aromatic carbocycles. The predicted octanol–water partition coefficient (Wildman–Crippen LogP) is 2.77. The lowest BCUT2D eigenvalue weighted by atomic mass is 9.95. The van der Waals surface area contributed by atoms with Crippen LogP contribution in [0.4, 0.5) is 5.00 Å². The van der Waals surface area contributed by atoms with Gasteiger partial charge in [-0.2, -0.15) is 0 Å². The zero-order valence-electron chi connectivity index (χ0n) is 13.0. The Kier molecular flexibility index (Phi) is 5.54. The standard InChI is InChI=1S/C16H19NO5S/c1-9(2)22-16(21)14-10-5-3-4-6-11(10)23-15(14)17-12(18)7-8-13(19)20/h7-9H,3-6H2,1-2H3,(H,17,18)(H,19,20)/b8-7+. The fraction of sp³-hybridized carbons (Fsp3) is 0.438. The summed E-state index contributed by atoms with van der Waals surface area (Å²) < 4.78 is 5.29. The first kappa shape index (κ1) is 17.2. The smallest absolute Gasteiger partial charge is 0.341 e. The van der Waals surface area contributed by atoms with E-state index in [1.165, 1.54) is 11.3 Å². The SMILES string of the molecule is CC(C)OC(=O)c1c(NC(=O)/C=C/C(=O)O)sc2c1CCCC2. The Morgan fingerprint density at radius 3 is 2.57 bits per heavy atom. The minimum absolute atomic E-state index is 0.253. The third-order valence-electron chi connectivity index (χ3n) is 3.33. The first-order valence-electron chi connectivity index (χ1n) is 7.46. The maximum absolute atomic E-state index is 12.4. The highest BCUT2D eigenvalue weighted by Gasteiger charge is 2.27. The van der Waals surface area contributed by atoms with Crippen molar-refractivity contribution >= 4 is 34.2 Å². The van der Waals surface area contributed by atoms with Gasteiger partial charge in [-0.3, -0.25) is 4.79 Å². The van der Waals surface area contributed by atoms with Crippen molar-refractivity contribution in [3.8, 4) is 0 Å². The molecule has 1 aliphatic rings. The first-order chi connectivity index (χ1) is 10.9. The first-order valence-corrected chi connectivity index (χ1v) is 8.27. The lowest BCUT2D eigenvalue weighted by molar-refractivity contribution is -0.131. The molecule has 0 atom stereocenters. The second-order valence-electron chi connectivity index (χ2n) is 5.53. The van der Waals surface area contributed by atoms with E-state index >= 15 is 0 Å². The number of aryl methyl sites for hydroxylation is 1. The van der Waals surface area contributed by atoms with Crippen LogP contribution in [-0.2, 0) is 27.2 Å². The van der Waals surface area contributed by atoms with Crippen molar-refractivity contribution in [3.63, 3.8) is 0 Å². The van der Waals surface area contributed by atoms with E-state index in [1.54, 1.807) is 13.8 Å². The summed E-state index contributed by atoms with van der Waals surface area (Å²) in [5.41, 5.74) is 1.36. The summed E-state index contributed by atoms with van der Waals surface area (Å²) in [4.78, 5) is 35.8. The van der Waals surface area contributed by atoms with Gasteiger partial charge in [0.1, 0.15) is 5.00 Å². The predicted molar refractivity (Wildman–Crippen MR) is 86.9 cm³/mol. The largest absolute Gasteiger partial charge is 0.478 e. The second kappa shape index (κ2) is 7.41. The lowest BCUT2D eigenvalue weighted by Crippen LogP contribution is -2.17. The van der Waals surface area contributed by atoms with E-state index in [4.69, 9.17) is 9.84 Å². The molecule has 1 heterocycles. The number of amides is 1. The Labute approximate surface area is 138 Å². The summed E-state index contributed by atoms with van der Waals surface area (Å²) >= 11 is 1.37. The van der Waals surface area contributed by atoms with Gasteiger partial charge in [0.05, 0.1) is 11.7 Å². The van der Waals surface area contributed by atoms with Gasteiger partial charge in [0.15, 0.2) is 0 Å². The van der Waals surface area contributed by atoms with Crippen LogP contribution in [0.1, 0.15) is 47.5 Å². The van der Waals surface area contributed by atoms with Gasteiger partial charge in [0.2, 0.25) is 5.91 Å². The van der Waals surface area contributed by atoms with Gasteiger partial charge in [-0.25, -0.2) is 9.59 Å². The van der Waals surface area contributed by atoms with E-state index in [1.807, 2.05) is 0 Å². The van der Waals surface area contributed by atoms with Crippen molar-refractivity contribution in [2.45, 2.75) is 45.6 Å². The molecule has 7 heteroatoms. The molecule has 1 aromatic heterocycles. The molecule has 0 fully saturated rings. The number of carboxylic acids is 1. The number of fused-ring (bicyclic) bond motifs is 1. The van der Waals surface area contributed by atoms with Crippen molar-refractivity contribution < 1.29 is 24.2 Å². The highest BCUT2D eigenvalue weighted by Crippen LogP contribution is 2.38. The van der Waals surface area contributed by atoms with Crippen LogP contribution in [0.15, 0.2) is 12.2 Å². The molecule has 0 aliphatic heterocycles. The number of esters is 1. The molecule has 0 saturated carbocycles. The fourth-order valence-electron chi connectivity index (χ4n) is 2.44. The molecule has 2 rings (SSSR count). The van der Waals surface area contributed by atoms with Crippen molar-refractivity contribution in [2.75, 3.05) is 5.32 Å². The molecule has 0 unspecified atom stereocenters. The summed E-state index contributed by atoms with van der Waals surface area (Å²) in [6.07, 6.45) is 5.15.